The van der Waals surface area contributed by atoms with Gasteiger partial charge in [0.2, 0.25) is 5.95 Å². The highest BCUT2D eigenvalue weighted by atomic mass is 19.1. The van der Waals surface area contributed by atoms with Gasteiger partial charge in [-0.15, -0.1) is 0 Å². The Morgan fingerprint density at radius 2 is 1.77 bits per heavy atom. The van der Waals surface area contributed by atoms with Gasteiger partial charge in [0.1, 0.15) is 29.9 Å². The lowest BCUT2D eigenvalue weighted by Crippen LogP contribution is -2.71. The minimum absolute atomic E-state index is 0.134. The number of piperazine rings is 1. The van der Waals surface area contributed by atoms with E-state index in [1.165, 1.54) is 16.1 Å². The predicted octanol–water partition coefficient (Wildman–Crippen LogP) is 2.97. The Kier molecular flexibility index (Phi) is 10.1. The van der Waals surface area contributed by atoms with Gasteiger partial charge in [0.25, 0.3) is 5.91 Å². The number of β-amino-alcohol motifs (C(OH)–C–C–N with tert-alkyl or cyclic N) is 1. The van der Waals surface area contributed by atoms with Gasteiger partial charge in [-0.1, -0.05) is 0 Å². The second-order valence-electron chi connectivity index (χ2n) is 14.9. The highest BCUT2D eigenvalue weighted by Crippen LogP contribution is 2.31. The summed E-state index contributed by atoms with van der Waals surface area (Å²) >= 11 is 0. The van der Waals surface area contributed by atoms with Crippen LogP contribution in [0.25, 0.3) is 11.4 Å². The first-order chi connectivity index (χ1) is 25.4. The summed E-state index contributed by atoms with van der Waals surface area (Å²) in [6, 6.07) is 15.6. The van der Waals surface area contributed by atoms with Gasteiger partial charge in [-0.25, -0.2) is 19.2 Å². The van der Waals surface area contributed by atoms with E-state index in [1.54, 1.807) is 39.0 Å². The molecule has 0 spiro atoms. The number of nitrogens with zero attached hydrogens (tertiary/aromatic N) is 8. The quantitative estimate of drug-likeness (QED) is 0.348. The lowest BCUT2D eigenvalue weighted by molar-refractivity contribution is -0.171. The summed E-state index contributed by atoms with van der Waals surface area (Å²) in [6.07, 6.45) is -1.59. The molecule has 2 N–H and O–H groups in total. The molecule has 1 aromatic heterocycles. The van der Waals surface area contributed by atoms with Crippen molar-refractivity contribution in [3.63, 3.8) is 0 Å². The van der Waals surface area contributed by atoms with E-state index < -0.39 is 35.5 Å². The number of rotatable bonds is 8. The number of aromatic nitrogens is 3. The van der Waals surface area contributed by atoms with Crippen LogP contribution >= 0.6 is 0 Å². The fourth-order valence-corrected chi connectivity index (χ4v) is 6.85. The van der Waals surface area contributed by atoms with Gasteiger partial charge in [0, 0.05) is 56.1 Å². The molecule has 0 bridgehead atoms. The smallest absolute Gasteiger partial charge is 0.410 e. The first-order valence-electron chi connectivity index (χ1n) is 17.9. The van der Waals surface area contributed by atoms with E-state index in [0.29, 0.717) is 23.4 Å². The monoisotopic (exact) mass is 729 g/mol. The van der Waals surface area contributed by atoms with Crippen molar-refractivity contribution in [3.05, 3.63) is 54.4 Å². The number of aliphatic hydroxyl groups is 1. The van der Waals surface area contributed by atoms with Gasteiger partial charge in [-0.3, -0.25) is 9.69 Å². The van der Waals surface area contributed by atoms with Gasteiger partial charge in [-0.05, 0) is 63.2 Å². The largest absolute Gasteiger partial charge is 0.486 e. The molecule has 16 heteroatoms. The fourth-order valence-electron chi connectivity index (χ4n) is 6.85. The molecule has 0 aliphatic carbocycles. The van der Waals surface area contributed by atoms with Gasteiger partial charge in [0.05, 0.1) is 44.5 Å². The van der Waals surface area contributed by atoms with Gasteiger partial charge in [0.15, 0.2) is 17.6 Å². The molecule has 4 fully saturated rings. The number of nitriles is 1. The van der Waals surface area contributed by atoms with Crippen molar-refractivity contribution in [2.24, 2.45) is 0 Å². The molecule has 53 heavy (non-hydrogen) atoms. The number of benzene rings is 2. The van der Waals surface area contributed by atoms with E-state index in [4.69, 9.17) is 14.2 Å². The number of amides is 2. The Hall–Kier alpha value is -5.11. The molecule has 15 nitrogen and oxygen atoms in total. The summed E-state index contributed by atoms with van der Waals surface area (Å²) in [5.41, 5.74) is 0.177. The molecular formula is C37H44FN9O6. The van der Waals surface area contributed by atoms with Crippen molar-refractivity contribution in [2.45, 2.75) is 56.7 Å². The molecule has 4 saturated heterocycles. The average Bonchev–Trinajstić information content (AvgIpc) is 3.10. The molecule has 3 aromatic rings. The number of alkyl halides is 1. The van der Waals surface area contributed by atoms with Crippen LogP contribution in [-0.4, -0.2) is 142 Å². The van der Waals surface area contributed by atoms with Crippen molar-refractivity contribution >= 4 is 29.3 Å². The second kappa shape index (κ2) is 14.7. The zero-order valence-corrected chi connectivity index (χ0v) is 30.1. The summed E-state index contributed by atoms with van der Waals surface area (Å²) in [7, 11) is 0. The van der Waals surface area contributed by atoms with E-state index >= 15 is 4.39 Å². The number of nitrogens with one attached hydrogen (secondary N) is 1. The lowest BCUT2D eigenvalue weighted by Gasteiger charge is -2.47. The number of carbonyl (C=O) groups is 2. The summed E-state index contributed by atoms with van der Waals surface area (Å²) in [4.78, 5) is 45.8. The van der Waals surface area contributed by atoms with Crippen LogP contribution in [0, 0.1) is 11.3 Å². The molecule has 4 aliphatic heterocycles. The summed E-state index contributed by atoms with van der Waals surface area (Å²) in [5.74, 6) is 0.225. The number of anilines is 3. The van der Waals surface area contributed by atoms with Crippen LogP contribution in [0.1, 0.15) is 32.8 Å². The topological polar surface area (TPSA) is 170 Å². The maximum Gasteiger partial charge on any atom is 0.410 e. The third-order valence-corrected chi connectivity index (χ3v) is 9.87. The van der Waals surface area contributed by atoms with Gasteiger partial charge < -0.3 is 39.3 Å². The molecular weight excluding hydrogens is 685 g/mol. The van der Waals surface area contributed by atoms with E-state index in [-0.39, 0.29) is 43.9 Å². The third-order valence-electron chi connectivity index (χ3n) is 9.87. The van der Waals surface area contributed by atoms with Crippen molar-refractivity contribution in [1.29, 1.82) is 5.26 Å². The van der Waals surface area contributed by atoms with Crippen molar-refractivity contribution < 1.29 is 33.3 Å². The molecule has 7 rings (SSSR count). The lowest BCUT2D eigenvalue weighted by atomic mass is 9.91. The van der Waals surface area contributed by atoms with Gasteiger partial charge >= 0.3 is 6.09 Å². The van der Waals surface area contributed by atoms with Crippen LogP contribution in [-0.2, 0) is 14.3 Å². The predicted molar refractivity (Wildman–Crippen MR) is 191 cm³/mol. The summed E-state index contributed by atoms with van der Waals surface area (Å²) < 4.78 is 32.0. The number of carbonyl (C=O) groups excluding carboxylic acids is 2. The standard InChI is InChI=1S/C37H44FN9O6/c1-36(2,3)53-35(49)47-21-37(50,22-47)33(48)46-11-10-31(29(38)18-46)52-30-9-4-24(16-25(30)17-39)32-40-23-41-34(43-32)42-26-5-7-27(8-6-26)44-12-14-45(15-13-44)28-19-51-20-28/h4-9,16,23,28-29,31,50H,10-15,18-22H2,1-3H3,(H,40,41,42,43)/t29-,31+/m1/s1. The second-order valence-corrected chi connectivity index (χ2v) is 14.9. The van der Waals surface area contributed by atoms with Crippen LogP contribution in [0.4, 0.5) is 26.5 Å². The van der Waals surface area contributed by atoms with Crippen LogP contribution in [0.2, 0.25) is 0 Å². The molecule has 5 heterocycles. The maximum atomic E-state index is 15.4. The summed E-state index contributed by atoms with van der Waals surface area (Å²) in [6.45, 7) is 10.2. The molecule has 2 aromatic carbocycles. The third kappa shape index (κ3) is 8.12. The van der Waals surface area contributed by atoms with Crippen LogP contribution in [0.3, 0.4) is 0 Å². The van der Waals surface area contributed by atoms with Crippen molar-refractivity contribution in [2.75, 3.05) is 75.8 Å². The number of halogens is 1. The average molecular weight is 730 g/mol. The maximum absolute atomic E-state index is 15.4. The molecule has 2 atom stereocenters. The number of hydrogen-bond donors (Lipinski definition) is 2. The first kappa shape index (κ1) is 36.3. The Morgan fingerprint density at radius 3 is 2.42 bits per heavy atom. The van der Waals surface area contributed by atoms with E-state index in [0.717, 1.165) is 50.8 Å². The Bertz CT molecular complexity index is 1850. The summed E-state index contributed by atoms with van der Waals surface area (Å²) in [5, 5.41) is 24.0. The molecule has 4 aliphatic rings. The zero-order valence-electron chi connectivity index (χ0n) is 30.1. The van der Waals surface area contributed by atoms with Crippen molar-refractivity contribution in [1.82, 2.24) is 29.7 Å². The molecule has 0 unspecified atom stereocenters. The Labute approximate surface area is 307 Å². The molecule has 280 valence electrons. The Morgan fingerprint density at radius 1 is 1.04 bits per heavy atom. The minimum atomic E-state index is -1.80. The fraction of sp³-hybridized carbons (Fsp3) is 0.514. The molecule has 0 saturated carbocycles. The van der Waals surface area contributed by atoms with E-state index in [2.05, 4.69) is 48.3 Å². The van der Waals surface area contributed by atoms with Crippen LogP contribution in [0.15, 0.2) is 48.8 Å². The van der Waals surface area contributed by atoms with E-state index in [1.807, 2.05) is 12.1 Å². The van der Waals surface area contributed by atoms with E-state index in [9.17, 15) is 20.0 Å². The normalized spacial score (nSPS) is 21.9. The number of likely N-dealkylation sites (tertiary alicyclic amines) is 2. The minimum Gasteiger partial charge on any atom is -0.486 e. The number of ether oxygens (including phenoxy) is 3. The van der Waals surface area contributed by atoms with Crippen LogP contribution < -0.4 is 15.0 Å². The Balaban J connectivity index is 0.924. The van der Waals surface area contributed by atoms with Crippen molar-refractivity contribution in [3.8, 4) is 23.2 Å². The zero-order chi connectivity index (χ0) is 37.3. The SMILES string of the molecule is CC(C)(C)OC(=O)N1CC(O)(C(=O)N2CC[C@H](Oc3ccc(-c4ncnc(Nc5ccc(N6CCN(C7COC7)CC6)cc5)n4)cc3C#N)[C@H](F)C2)C1. The number of piperidine rings is 1. The molecule has 2 amide bonds. The first-order valence-corrected chi connectivity index (χ1v) is 17.9. The molecule has 0 radical (unpaired) electrons. The highest BCUT2D eigenvalue weighted by molar-refractivity contribution is 5.89. The van der Waals surface area contributed by atoms with Crippen LogP contribution in [0.5, 0.6) is 5.75 Å². The number of hydrogen-bond acceptors (Lipinski definition) is 13. The van der Waals surface area contributed by atoms with Gasteiger partial charge in [-0.2, -0.15) is 10.2 Å². The highest BCUT2D eigenvalue weighted by Gasteiger charge is 2.53.